The standard InChI is InChI=1S/C67H65N4.C34H33N4.Ir/c1-10-11-12-13-15-46-20-29-55(30-21-46)67(59-40-44(2)18-37-57(59)58-38-19-45(3)41-60(58)67)56-35-22-47(23-36-56)50-16-14-17-51(42-50)61-39-28-52(43-68-61)64-70-62(48-24-31-53(32-25-48)65(4,5)6)69-63(71-64)49-26-33-54(34-27-49)66(7,8)9;1-33(2,3)27-17-12-24(13-18-27)30-36-31(25-14-19-28(20-15-25)34(4,5)6)38-32(37-30)26-16-21-29(35-22-26)23-10-8-7-9-11-23;/h14,16,18-43H,10-13,15H2,1-9H3;7-10,12-22H,1-6H3;/q2*-1;. The number of rotatable bonds is 16. The quantitative estimate of drug-likeness (QED) is 0.0696. The molecule has 4 aromatic heterocycles. The molecule has 110 heavy (non-hydrogen) atoms. The molecule has 0 bridgehead atoms. The summed E-state index contributed by atoms with van der Waals surface area (Å²) in [4.78, 5) is 39.5. The van der Waals surface area contributed by atoms with E-state index < -0.39 is 5.41 Å². The van der Waals surface area contributed by atoms with E-state index in [-0.39, 0.29) is 41.8 Å². The Labute approximate surface area is 666 Å². The Kier molecular flexibility index (Phi) is 22.5. The van der Waals surface area contributed by atoms with Gasteiger partial charge in [-0.2, -0.15) is 0 Å². The van der Waals surface area contributed by atoms with Crippen molar-refractivity contribution in [3.05, 3.63) is 334 Å². The van der Waals surface area contributed by atoms with Crippen LogP contribution in [0.5, 0.6) is 0 Å². The third kappa shape index (κ3) is 16.8. The number of unbranched alkanes of at least 4 members (excludes halogenated alkanes) is 3. The van der Waals surface area contributed by atoms with Crippen LogP contribution in [-0.4, -0.2) is 39.9 Å². The van der Waals surface area contributed by atoms with Gasteiger partial charge in [0.15, 0.2) is 34.9 Å². The molecule has 0 spiro atoms. The molecule has 0 unspecified atom stereocenters. The molecule has 0 amide bonds. The van der Waals surface area contributed by atoms with E-state index in [1.807, 2.05) is 60.9 Å². The molecule has 0 N–H and O–H groups in total. The van der Waals surface area contributed by atoms with E-state index in [0.717, 1.165) is 73.4 Å². The summed E-state index contributed by atoms with van der Waals surface area (Å²) < 4.78 is 0. The van der Waals surface area contributed by atoms with Crippen LogP contribution in [0.2, 0.25) is 0 Å². The minimum Gasteiger partial charge on any atom is -0.304 e. The molecule has 1 radical (unpaired) electrons. The van der Waals surface area contributed by atoms with E-state index >= 15 is 0 Å². The second-order valence-electron chi connectivity index (χ2n) is 33.5. The van der Waals surface area contributed by atoms with E-state index in [1.54, 1.807) is 0 Å². The van der Waals surface area contributed by atoms with Crippen LogP contribution >= 0.6 is 0 Å². The minimum absolute atomic E-state index is 0. The van der Waals surface area contributed by atoms with Crippen molar-refractivity contribution in [3.63, 3.8) is 0 Å². The van der Waals surface area contributed by atoms with Crippen molar-refractivity contribution in [2.45, 2.75) is 163 Å². The molecular weight excluding hydrogens is 1520 g/mol. The summed E-state index contributed by atoms with van der Waals surface area (Å²) in [5, 5.41) is 0. The Balaban J connectivity index is 0.000000230. The topological polar surface area (TPSA) is 103 Å². The van der Waals surface area contributed by atoms with E-state index in [0.29, 0.717) is 34.9 Å². The van der Waals surface area contributed by atoms with Crippen LogP contribution in [0.4, 0.5) is 0 Å². The number of aryl methyl sites for hydroxylation is 3. The maximum atomic E-state index is 5.05. The number of aromatic nitrogens is 8. The summed E-state index contributed by atoms with van der Waals surface area (Å²) in [5.41, 5.74) is 27.9. The third-order valence-corrected chi connectivity index (χ3v) is 21.2. The molecule has 553 valence electrons. The maximum Gasteiger partial charge on any atom is 0.165 e. The van der Waals surface area contributed by atoms with Gasteiger partial charge in [-0.3, -0.25) is 0 Å². The third-order valence-electron chi connectivity index (χ3n) is 21.2. The summed E-state index contributed by atoms with van der Waals surface area (Å²) in [6, 6.07) is 96.1. The Hall–Kier alpha value is -10.8. The zero-order valence-corrected chi connectivity index (χ0v) is 68.7. The molecule has 0 atom stereocenters. The van der Waals surface area contributed by atoms with Gasteiger partial charge in [0, 0.05) is 65.9 Å². The van der Waals surface area contributed by atoms with Gasteiger partial charge in [-0.05, 0) is 126 Å². The predicted octanol–water partition coefficient (Wildman–Crippen LogP) is 25.4. The molecule has 10 aromatic carbocycles. The molecule has 1 aliphatic rings. The van der Waals surface area contributed by atoms with Crippen molar-refractivity contribution >= 4 is 0 Å². The fraction of sp³-hybridized carbons (Fsp3) is 0.248. The molecule has 1 aliphatic carbocycles. The first-order valence-electron chi connectivity index (χ1n) is 38.6. The first kappa shape index (κ1) is 77.3. The van der Waals surface area contributed by atoms with Gasteiger partial charge in [-0.15, -0.1) is 71.3 Å². The fourth-order valence-corrected chi connectivity index (χ4v) is 14.7. The zero-order valence-electron chi connectivity index (χ0n) is 66.3. The average Bonchev–Trinajstić information content (AvgIpc) is 0.991. The molecule has 15 rings (SSSR count). The minimum atomic E-state index is -0.461. The Morgan fingerprint density at radius 2 is 0.682 bits per heavy atom. The maximum absolute atomic E-state index is 5.05. The summed E-state index contributed by atoms with van der Waals surface area (Å²) in [6.07, 6.45) is 9.87. The monoisotopic (exact) mass is 1620 g/mol. The summed E-state index contributed by atoms with van der Waals surface area (Å²) in [7, 11) is 0. The van der Waals surface area contributed by atoms with Crippen molar-refractivity contribution in [2.24, 2.45) is 0 Å². The van der Waals surface area contributed by atoms with E-state index in [1.165, 1.54) is 98.0 Å². The molecule has 8 nitrogen and oxygen atoms in total. The van der Waals surface area contributed by atoms with Gasteiger partial charge in [0.2, 0.25) is 0 Å². The summed E-state index contributed by atoms with van der Waals surface area (Å²) in [6.45, 7) is 33.4. The molecule has 0 saturated heterocycles. The van der Waals surface area contributed by atoms with Gasteiger partial charge in [-0.25, -0.2) is 29.9 Å². The molecule has 9 heteroatoms. The van der Waals surface area contributed by atoms with Crippen LogP contribution in [0.3, 0.4) is 0 Å². The predicted molar refractivity (Wildman–Crippen MR) is 451 cm³/mol. The van der Waals surface area contributed by atoms with Crippen molar-refractivity contribution in [3.8, 4) is 113 Å². The largest absolute Gasteiger partial charge is 0.304 e. The average molecular weight is 1620 g/mol. The van der Waals surface area contributed by atoms with Crippen LogP contribution in [0.15, 0.2) is 261 Å². The van der Waals surface area contributed by atoms with E-state index in [4.69, 9.17) is 34.9 Å². The Bertz CT molecular complexity index is 5310. The van der Waals surface area contributed by atoms with Gasteiger partial charge in [-0.1, -0.05) is 327 Å². The molecule has 4 heterocycles. The first-order chi connectivity index (χ1) is 52.3. The molecule has 0 saturated carbocycles. The molecule has 0 fully saturated rings. The second kappa shape index (κ2) is 32.0. The van der Waals surface area contributed by atoms with Gasteiger partial charge < -0.3 is 9.97 Å². The van der Waals surface area contributed by atoms with Gasteiger partial charge in [0.1, 0.15) is 0 Å². The van der Waals surface area contributed by atoms with Crippen LogP contribution in [-0.2, 0) is 53.6 Å². The number of nitrogens with zero attached hydrogens (tertiary/aromatic N) is 8. The number of pyridine rings is 2. The zero-order chi connectivity index (χ0) is 76.4. The fourth-order valence-electron chi connectivity index (χ4n) is 14.7. The van der Waals surface area contributed by atoms with Crippen molar-refractivity contribution in [1.29, 1.82) is 0 Å². The van der Waals surface area contributed by atoms with E-state index in [2.05, 4.69) is 321 Å². The SMILES string of the molecule is CC(C)(C)c1ccc(-c2nc(-c3ccc(C(C)(C)C)cc3)nc(-c3ccc(-c4[c-]cccc4)nc3)n2)cc1.CCCCCCc1ccc(C2(c3ccc(-c4cc[c-]c(-c5ccc(-c6nc(-c7ccc(C(C)(C)C)cc7)nc(-c7ccc(C(C)(C)C)cc7)n6)cn5)c4)cc3)c3cc(C)ccc3-c3ccc(C)cc32)cc1.[Ir]. The number of benzene rings is 10. The summed E-state index contributed by atoms with van der Waals surface area (Å²) in [5.74, 6) is 3.73. The van der Waals surface area contributed by atoms with Crippen LogP contribution in [0.1, 0.15) is 177 Å². The summed E-state index contributed by atoms with van der Waals surface area (Å²) >= 11 is 0. The normalized spacial score (nSPS) is 12.5. The van der Waals surface area contributed by atoms with Crippen molar-refractivity contribution in [2.75, 3.05) is 0 Å². The van der Waals surface area contributed by atoms with Gasteiger partial charge in [0.25, 0.3) is 0 Å². The van der Waals surface area contributed by atoms with Crippen LogP contribution in [0, 0.1) is 26.0 Å². The molecule has 0 aliphatic heterocycles. The van der Waals surface area contributed by atoms with Crippen molar-refractivity contribution in [1.82, 2.24) is 39.9 Å². The van der Waals surface area contributed by atoms with Crippen molar-refractivity contribution < 1.29 is 20.1 Å². The Morgan fingerprint density at radius 3 is 1.05 bits per heavy atom. The molecule has 14 aromatic rings. The van der Waals surface area contributed by atoms with Gasteiger partial charge in [0.05, 0.1) is 5.41 Å². The smallest absolute Gasteiger partial charge is 0.165 e. The molecular formula is C101H98IrN8-2. The van der Waals surface area contributed by atoms with Gasteiger partial charge >= 0.3 is 0 Å². The van der Waals surface area contributed by atoms with Crippen LogP contribution in [0.25, 0.3) is 113 Å². The first-order valence-corrected chi connectivity index (χ1v) is 38.6. The Morgan fingerprint density at radius 1 is 0.318 bits per heavy atom. The van der Waals surface area contributed by atoms with E-state index in [9.17, 15) is 0 Å². The number of hydrogen-bond donors (Lipinski definition) is 0. The number of hydrogen-bond acceptors (Lipinski definition) is 8. The second-order valence-corrected chi connectivity index (χ2v) is 33.5. The number of fused-ring (bicyclic) bond motifs is 3. The van der Waals surface area contributed by atoms with Crippen LogP contribution < -0.4 is 0 Å².